The van der Waals surface area contributed by atoms with Gasteiger partial charge in [0.2, 0.25) is 0 Å². The van der Waals surface area contributed by atoms with E-state index < -0.39 is 11.4 Å². The van der Waals surface area contributed by atoms with Crippen molar-refractivity contribution < 1.29 is 14.7 Å². The summed E-state index contributed by atoms with van der Waals surface area (Å²) >= 11 is 0. The van der Waals surface area contributed by atoms with Crippen molar-refractivity contribution in [2.24, 2.45) is 33.5 Å². The van der Waals surface area contributed by atoms with Crippen molar-refractivity contribution in [2.45, 2.75) is 85.5 Å². The summed E-state index contributed by atoms with van der Waals surface area (Å²) in [6.07, 6.45) is 11.8. The lowest BCUT2D eigenvalue weighted by atomic mass is 9.40. The fourth-order valence-electron chi connectivity index (χ4n) is 8.33. The van der Waals surface area contributed by atoms with Crippen LogP contribution in [0, 0.1) is 33.5 Å². The second kappa shape index (κ2) is 5.45. The summed E-state index contributed by atoms with van der Waals surface area (Å²) in [6, 6.07) is 0. The highest BCUT2D eigenvalue weighted by atomic mass is 16.4. The maximum absolute atomic E-state index is 12.2. The number of hydrogen-bond donors (Lipinski definition) is 1. The van der Waals surface area contributed by atoms with E-state index in [-0.39, 0.29) is 16.6 Å². The molecule has 0 heterocycles. The van der Waals surface area contributed by atoms with Crippen LogP contribution in [0.3, 0.4) is 0 Å². The molecule has 3 nitrogen and oxygen atoms in total. The zero-order valence-corrected chi connectivity index (χ0v) is 16.9. The molecule has 26 heavy (non-hydrogen) atoms. The Kier molecular flexibility index (Phi) is 3.83. The minimum Gasteiger partial charge on any atom is -0.481 e. The maximum atomic E-state index is 12.2. The number of hydrogen-bond acceptors (Lipinski definition) is 2. The number of aliphatic carboxylic acids is 1. The van der Waals surface area contributed by atoms with E-state index in [1.807, 2.05) is 13.0 Å². The molecule has 4 fully saturated rings. The molecule has 144 valence electrons. The Bertz CT molecular complexity index is 694. The molecule has 1 spiro atoms. The van der Waals surface area contributed by atoms with Crippen molar-refractivity contribution in [3.05, 3.63) is 11.6 Å². The predicted molar refractivity (Wildman–Crippen MR) is 102 cm³/mol. The molecule has 3 unspecified atom stereocenters. The molecule has 4 rings (SSSR count). The predicted octanol–water partition coefficient (Wildman–Crippen LogP) is 5.39. The van der Waals surface area contributed by atoms with Crippen LogP contribution in [0.4, 0.5) is 0 Å². The molecule has 1 N–H and O–H groups in total. The fourth-order valence-corrected chi connectivity index (χ4v) is 8.33. The van der Waals surface area contributed by atoms with Gasteiger partial charge in [-0.25, -0.2) is 0 Å². The minimum absolute atomic E-state index is 0.136. The molecule has 0 aromatic carbocycles. The molecular weight excluding hydrogens is 324 g/mol. The normalized spacial score (nSPS) is 51.6. The number of carbonyl (C=O) groups excluding carboxylic acids is 1. The number of carboxylic acid groups (broad SMARTS) is 1. The van der Waals surface area contributed by atoms with Gasteiger partial charge < -0.3 is 5.11 Å². The van der Waals surface area contributed by atoms with Crippen molar-refractivity contribution >= 4 is 11.8 Å². The number of fused-ring (bicyclic) bond motifs is 3. The molecule has 6 atom stereocenters. The standard InChI is InChI=1S/C23H34O3/c1-15(24)12-16-13-23-11-7-17-21(3,8-5-9-22(17,4)19(25)26)18(23)6-10-20(16,2)14-23/h12,17-18H,5-11,13-14H2,1-4H3,(H,25,26)/b16-12+/t17-,18?,20-,21?,22+,23?/m0/s1. The third kappa shape index (κ3) is 2.24. The number of carboxylic acids is 1. The van der Waals surface area contributed by atoms with Gasteiger partial charge in [-0.15, -0.1) is 0 Å². The first-order valence-corrected chi connectivity index (χ1v) is 10.5. The summed E-state index contributed by atoms with van der Waals surface area (Å²) in [7, 11) is 0. The topological polar surface area (TPSA) is 54.4 Å². The van der Waals surface area contributed by atoms with E-state index in [9.17, 15) is 14.7 Å². The Labute approximate surface area is 157 Å². The van der Waals surface area contributed by atoms with Crippen molar-refractivity contribution in [1.82, 2.24) is 0 Å². The van der Waals surface area contributed by atoms with Crippen LogP contribution in [-0.2, 0) is 9.59 Å². The van der Waals surface area contributed by atoms with Crippen LogP contribution >= 0.6 is 0 Å². The monoisotopic (exact) mass is 358 g/mol. The van der Waals surface area contributed by atoms with E-state index >= 15 is 0 Å². The Balaban J connectivity index is 1.74. The first-order chi connectivity index (χ1) is 12.1. The van der Waals surface area contributed by atoms with Crippen molar-refractivity contribution in [3.63, 3.8) is 0 Å². The largest absolute Gasteiger partial charge is 0.481 e. The summed E-state index contributed by atoms with van der Waals surface area (Å²) in [5, 5.41) is 10.0. The zero-order chi connectivity index (χ0) is 19.0. The molecule has 0 aromatic heterocycles. The lowest BCUT2D eigenvalue weighted by Crippen LogP contribution is -2.58. The molecule has 0 aliphatic heterocycles. The highest BCUT2D eigenvalue weighted by Crippen LogP contribution is 2.74. The van der Waals surface area contributed by atoms with Crippen LogP contribution in [-0.4, -0.2) is 16.9 Å². The molecule has 0 saturated heterocycles. The van der Waals surface area contributed by atoms with Crippen LogP contribution in [0.2, 0.25) is 0 Å². The van der Waals surface area contributed by atoms with Gasteiger partial charge in [0.1, 0.15) is 0 Å². The van der Waals surface area contributed by atoms with E-state index in [0.717, 1.165) is 38.5 Å². The quantitative estimate of drug-likeness (QED) is 0.673. The van der Waals surface area contributed by atoms with Crippen molar-refractivity contribution in [2.75, 3.05) is 0 Å². The van der Waals surface area contributed by atoms with Gasteiger partial charge in [-0.2, -0.15) is 0 Å². The first kappa shape index (κ1) is 18.3. The van der Waals surface area contributed by atoms with Gasteiger partial charge in [0, 0.05) is 0 Å². The second-order valence-electron chi connectivity index (χ2n) is 10.8. The number of ketones is 1. The SMILES string of the molecule is CC(=O)/C=C1\CC23CC[C@H]4C(C)(CCC[C@@]4(C)C(=O)O)C2CC[C@@]1(C)C3. The molecule has 2 bridgehead atoms. The molecule has 4 saturated carbocycles. The number of allylic oxidation sites excluding steroid dienone is 2. The van der Waals surface area contributed by atoms with E-state index in [1.165, 1.54) is 24.8 Å². The molecule has 4 aliphatic carbocycles. The highest BCUT2D eigenvalue weighted by molar-refractivity contribution is 5.88. The number of carbonyl (C=O) groups is 2. The van der Waals surface area contributed by atoms with Crippen LogP contribution < -0.4 is 0 Å². The van der Waals surface area contributed by atoms with Crippen LogP contribution in [0.15, 0.2) is 11.6 Å². The van der Waals surface area contributed by atoms with Gasteiger partial charge in [-0.05, 0) is 99.4 Å². The summed E-state index contributed by atoms with van der Waals surface area (Å²) in [6.45, 7) is 8.46. The summed E-state index contributed by atoms with van der Waals surface area (Å²) < 4.78 is 0. The van der Waals surface area contributed by atoms with Gasteiger partial charge >= 0.3 is 5.97 Å². The van der Waals surface area contributed by atoms with Gasteiger partial charge in [0.05, 0.1) is 5.41 Å². The Hall–Kier alpha value is -1.12. The summed E-state index contributed by atoms with van der Waals surface area (Å²) in [5.41, 5.74) is 1.45. The average Bonchev–Trinajstić information content (AvgIpc) is 2.72. The second-order valence-corrected chi connectivity index (χ2v) is 10.8. The lowest BCUT2D eigenvalue weighted by molar-refractivity contribution is -0.182. The maximum Gasteiger partial charge on any atom is 0.309 e. The van der Waals surface area contributed by atoms with Crippen molar-refractivity contribution in [1.29, 1.82) is 0 Å². The molecule has 0 amide bonds. The summed E-state index contributed by atoms with van der Waals surface area (Å²) in [5.74, 6) is 0.493. The zero-order valence-electron chi connectivity index (χ0n) is 16.9. The van der Waals surface area contributed by atoms with Gasteiger partial charge in [0.15, 0.2) is 5.78 Å². The third-order valence-electron chi connectivity index (χ3n) is 9.35. The minimum atomic E-state index is -0.589. The average molecular weight is 359 g/mol. The van der Waals surface area contributed by atoms with Crippen molar-refractivity contribution in [3.8, 4) is 0 Å². The Morgan fingerprint density at radius 1 is 1.04 bits per heavy atom. The molecule has 4 aliphatic rings. The van der Waals surface area contributed by atoms with E-state index in [2.05, 4.69) is 13.8 Å². The van der Waals surface area contributed by atoms with E-state index in [1.54, 1.807) is 6.92 Å². The molecule has 0 radical (unpaired) electrons. The summed E-state index contributed by atoms with van der Waals surface area (Å²) in [4.78, 5) is 24.0. The Morgan fingerprint density at radius 2 is 1.73 bits per heavy atom. The molecule has 3 heteroatoms. The third-order valence-corrected chi connectivity index (χ3v) is 9.35. The highest BCUT2D eigenvalue weighted by Gasteiger charge is 2.67. The smallest absolute Gasteiger partial charge is 0.309 e. The van der Waals surface area contributed by atoms with Gasteiger partial charge in [-0.1, -0.05) is 25.8 Å². The van der Waals surface area contributed by atoms with Gasteiger partial charge in [0.25, 0.3) is 0 Å². The molecule has 0 aromatic rings. The first-order valence-electron chi connectivity index (χ1n) is 10.5. The van der Waals surface area contributed by atoms with Crippen LogP contribution in [0.1, 0.15) is 85.5 Å². The van der Waals surface area contributed by atoms with Crippen LogP contribution in [0.5, 0.6) is 0 Å². The van der Waals surface area contributed by atoms with Gasteiger partial charge in [-0.3, -0.25) is 9.59 Å². The van der Waals surface area contributed by atoms with Crippen LogP contribution in [0.25, 0.3) is 0 Å². The lowest BCUT2D eigenvalue weighted by Gasteiger charge is -2.63. The van der Waals surface area contributed by atoms with E-state index in [4.69, 9.17) is 0 Å². The van der Waals surface area contributed by atoms with E-state index in [0.29, 0.717) is 17.3 Å². The fraction of sp³-hybridized carbons (Fsp3) is 0.826. The number of rotatable bonds is 2. The Morgan fingerprint density at radius 3 is 2.38 bits per heavy atom. The molecular formula is C23H34O3.